The fourth-order valence-electron chi connectivity index (χ4n) is 4.81. The van der Waals surface area contributed by atoms with Gasteiger partial charge in [-0.3, -0.25) is 9.69 Å². The lowest BCUT2D eigenvalue weighted by Gasteiger charge is -2.42. The Balaban J connectivity index is 1.41. The van der Waals surface area contributed by atoms with E-state index in [1.807, 2.05) is 13.1 Å². The van der Waals surface area contributed by atoms with Crippen LogP contribution >= 0.6 is 0 Å². The van der Waals surface area contributed by atoms with E-state index < -0.39 is 19.0 Å². The summed E-state index contributed by atoms with van der Waals surface area (Å²) in [7, 11) is 0. The minimum Gasteiger partial charge on any atom is -0.345 e. The first-order chi connectivity index (χ1) is 11.4. The van der Waals surface area contributed by atoms with E-state index in [0.29, 0.717) is 0 Å². The smallest absolute Gasteiger partial charge is 0.282 e. The van der Waals surface area contributed by atoms with E-state index in [4.69, 9.17) is 0 Å². The number of nitrogens with one attached hydrogen (secondary N) is 1. The van der Waals surface area contributed by atoms with Crippen LogP contribution in [0.4, 0.5) is 8.78 Å². The Kier molecular flexibility index (Phi) is 3.67. The van der Waals surface area contributed by atoms with Gasteiger partial charge in [0.1, 0.15) is 5.82 Å². The van der Waals surface area contributed by atoms with Crippen LogP contribution < -0.4 is 0 Å². The molecule has 1 aromatic rings. The number of nitrogens with zero attached hydrogens (tertiary/aromatic N) is 3. The molecule has 1 N–H and O–H groups in total. The van der Waals surface area contributed by atoms with Gasteiger partial charge < -0.3 is 9.88 Å². The monoisotopic (exact) mass is 338 g/mol. The number of amides is 1. The first-order valence-corrected chi connectivity index (χ1v) is 8.76. The largest absolute Gasteiger partial charge is 0.345 e. The van der Waals surface area contributed by atoms with E-state index in [2.05, 4.69) is 14.9 Å². The van der Waals surface area contributed by atoms with Crippen molar-refractivity contribution in [3.63, 3.8) is 0 Å². The molecule has 1 aliphatic carbocycles. The van der Waals surface area contributed by atoms with Crippen molar-refractivity contribution >= 4 is 5.91 Å². The standard InChI is InChI=1S/C17H24F2N4O/c1-12-20-7-13(21-12)8-22-6-5-16(9-22)4-2-3-14(16)15(24)23-10-17(18,19)11-23/h7,14H,2-6,8-11H2,1H3,(H,20,21)/t14-,16-/m1/s1. The molecular formula is C17H24F2N4O. The summed E-state index contributed by atoms with van der Waals surface area (Å²) in [6.07, 6.45) is 5.75. The summed E-state index contributed by atoms with van der Waals surface area (Å²) in [4.78, 5) is 23.9. The highest BCUT2D eigenvalue weighted by Crippen LogP contribution is 2.51. The zero-order valence-electron chi connectivity index (χ0n) is 14.0. The maximum Gasteiger partial charge on any atom is 0.282 e. The fraction of sp³-hybridized carbons (Fsp3) is 0.765. The molecule has 7 heteroatoms. The summed E-state index contributed by atoms with van der Waals surface area (Å²) in [6.45, 7) is 3.80. The van der Waals surface area contributed by atoms with Crippen molar-refractivity contribution in [2.75, 3.05) is 26.2 Å². The van der Waals surface area contributed by atoms with Gasteiger partial charge in [-0.15, -0.1) is 0 Å². The Morgan fingerprint density at radius 2 is 2.17 bits per heavy atom. The molecule has 5 nitrogen and oxygen atoms in total. The molecular weight excluding hydrogens is 314 g/mol. The Morgan fingerprint density at radius 1 is 1.38 bits per heavy atom. The van der Waals surface area contributed by atoms with E-state index in [0.717, 1.165) is 56.8 Å². The maximum atomic E-state index is 13.1. The van der Waals surface area contributed by atoms with Crippen LogP contribution in [0, 0.1) is 18.3 Å². The minimum atomic E-state index is -2.68. The average molecular weight is 338 g/mol. The van der Waals surface area contributed by atoms with Crippen LogP contribution in [0.3, 0.4) is 0 Å². The van der Waals surface area contributed by atoms with Gasteiger partial charge in [0, 0.05) is 30.9 Å². The van der Waals surface area contributed by atoms with Gasteiger partial charge in [0.2, 0.25) is 5.91 Å². The minimum absolute atomic E-state index is 0.0168. The molecule has 4 rings (SSSR count). The Morgan fingerprint density at radius 3 is 2.83 bits per heavy atom. The molecule has 2 atom stereocenters. The van der Waals surface area contributed by atoms with E-state index in [1.165, 1.54) is 4.90 Å². The number of likely N-dealkylation sites (tertiary alicyclic amines) is 2. The number of alkyl halides is 2. The highest BCUT2D eigenvalue weighted by atomic mass is 19.3. The third-order valence-electron chi connectivity index (χ3n) is 5.97. The number of aryl methyl sites for hydroxylation is 1. The van der Waals surface area contributed by atoms with Crippen LogP contribution in [0.15, 0.2) is 6.20 Å². The van der Waals surface area contributed by atoms with Crippen molar-refractivity contribution in [3.8, 4) is 0 Å². The number of aromatic nitrogens is 2. The third-order valence-corrected chi connectivity index (χ3v) is 5.97. The van der Waals surface area contributed by atoms with Gasteiger partial charge in [-0.25, -0.2) is 13.8 Å². The number of hydrogen-bond acceptors (Lipinski definition) is 3. The molecule has 1 saturated carbocycles. The number of carbonyl (C=O) groups is 1. The topological polar surface area (TPSA) is 52.2 Å². The van der Waals surface area contributed by atoms with Crippen LogP contribution in [0.1, 0.15) is 37.2 Å². The molecule has 1 spiro atoms. The normalized spacial score (nSPS) is 32.5. The van der Waals surface area contributed by atoms with Gasteiger partial charge in [0.25, 0.3) is 5.92 Å². The van der Waals surface area contributed by atoms with Gasteiger partial charge in [0.15, 0.2) is 0 Å². The summed E-state index contributed by atoms with van der Waals surface area (Å²) in [6, 6.07) is 0. The number of aromatic amines is 1. The van der Waals surface area contributed by atoms with Gasteiger partial charge in [-0.2, -0.15) is 0 Å². The van der Waals surface area contributed by atoms with Crippen LogP contribution in [0.2, 0.25) is 0 Å². The van der Waals surface area contributed by atoms with Crippen molar-refractivity contribution in [1.29, 1.82) is 0 Å². The van der Waals surface area contributed by atoms with Crippen LogP contribution in [-0.4, -0.2) is 57.8 Å². The lowest BCUT2D eigenvalue weighted by molar-refractivity contribution is -0.172. The van der Waals surface area contributed by atoms with Crippen molar-refractivity contribution in [2.24, 2.45) is 11.3 Å². The molecule has 0 bridgehead atoms. The predicted molar refractivity (Wildman–Crippen MR) is 84.5 cm³/mol. The second-order valence-electron chi connectivity index (χ2n) is 7.81. The number of imidazole rings is 1. The summed E-state index contributed by atoms with van der Waals surface area (Å²) >= 11 is 0. The Labute approximate surface area is 140 Å². The van der Waals surface area contributed by atoms with E-state index in [1.54, 1.807) is 0 Å². The predicted octanol–water partition coefficient (Wildman–Crippen LogP) is 2.19. The summed E-state index contributed by atoms with van der Waals surface area (Å²) in [5.41, 5.74) is 1.07. The van der Waals surface area contributed by atoms with Crippen molar-refractivity contribution in [2.45, 2.75) is 45.1 Å². The molecule has 3 heterocycles. The second-order valence-corrected chi connectivity index (χ2v) is 7.81. The van der Waals surface area contributed by atoms with E-state index >= 15 is 0 Å². The molecule has 0 unspecified atom stereocenters. The Bertz CT molecular complexity index is 638. The molecule has 0 radical (unpaired) electrons. The van der Waals surface area contributed by atoms with Crippen LogP contribution in [0.5, 0.6) is 0 Å². The molecule has 1 aromatic heterocycles. The molecule has 132 valence electrons. The highest BCUT2D eigenvalue weighted by molar-refractivity contribution is 5.81. The number of halogens is 2. The molecule has 2 saturated heterocycles. The molecule has 1 amide bonds. The summed E-state index contributed by atoms with van der Waals surface area (Å²) < 4.78 is 26.2. The SMILES string of the molecule is Cc1ncc(CN2CC[C@]3(CCC[C@@H]3C(=O)N3CC(F)(F)C3)C2)[nH]1. The fourth-order valence-corrected chi connectivity index (χ4v) is 4.81. The Hall–Kier alpha value is -1.50. The number of hydrogen-bond donors (Lipinski definition) is 1. The zero-order valence-corrected chi connectivity index (χ0v) is 14.0. The quantitative estimate of drug-likeness (QED) is 0.919. The highest BCUT2D eigenvalue weighted by Gasteiger charge is 2.55. The van der Waals surface area contributed by atoms with Crippen molar-refractivity contribution in [3.05, 3.63) is 17.7 Å². The molecule has 2 aliphatic heterocycles. The van der Waals surface area contributed by atoms with Crippen LogP contribution in [-0.2, 0) is 11.3 Å². The molecule has 0 aromatic carbocycles. The van der Waals surface area contributed by atoms with Gasteiger partial charge in [-0.1, -0.05) is 6.42 Å². The van der Waals surface area contributed by atoms with Gasteiger partial charge in [-0.05, 0) is 38.1 Å². The lowest BCUT2D eigenvalue weighted by atomic mass is 9.76. The molecule has 24 heavy (non-hydrogen) atoms. The summed E-state index contributed by atoms with van der Waals surface area (Å²) in [5, 5.41) is 0. The molecule has 3 aliphatic rings. The van der Waals surface area contributed by atoms with Crippen molar-refractivity contribution < 1.29 is 13.6 Å². The van der Waals surface area contributed by atoms with Gasteiger partial charge in [0.05, 0.1) is 13.1 Å². The van der Waals surface area contributed by atoms with Gasteiger partial charge >= 0.3 is 0 Å². The van der Waals surface area contributed by atoms with Crippen LogP contribution in [0.25, 0.3) is 0 Å². The number of H-pyrrole nitrogens is 1. The number of carbonyl (C=O) groups excluding carboxylic acids is 1. The second kappa shape index (κ2) is 5.51. The lowest BCUT2D eigenvalue weighted by Crippen LogP contribution is -2.60. The average Bonchev–Trinajstić information content (AvgIpc) is 3.19. The maximum absolute atomic E-state index is 13.1. The van der Waals surface area contributed by atoms with E-state index in [-0.39, 0.29) is 17.2 Å². The number of rotatable bonds is 3. The first kappa shape index (κ1) is 16.0. The molecule has 3 fully saturated rings. The first-order valence-electron chi connectivity index (χ1n) is 8.76. The zero-order chi connectivity index (χ0) is 16.9. The van der Waals surface area contributed by atoms with E-state index in [9.17, 15) is 13.6 Å². The third kappa shape index (κ3) is 2.72. The van der Waals surface area contributed by atoms with Crippen molar-refractivity contribution in [1.82, 2.24) is 19.8 Å². The summed E-state index contributed by atoms with van der Waals surface area (Å²) in [5.74, 6) is -1.90.